The van der Waals surface area contributed by atoms with Gasteiger partial charge in [0.15, 0.2) is 0 Å². The lowest BCUT2D eigenvalue weighted by atomic mass is 10.0. The number of esters is 1. The van der Waals surface area contributed by atoms with Crippen LogP contribution < -0.4 is 0 Å². The molecule has 0 spiro atoms. The number of unbranched alkanes of at least 4 members (excludes halogenated alkanes) is 7. The number of hydrogen-bond donors (Lipinski definition) is 0. The van der Waals surface area contributed by atoms with Crippen LogP contribution in [0.25, 0.3) is 0 Å². The van der Waals surface area contributed by atoms with Gasteiger partial charge >= 0.3 is 5.97 Å². The summed E-state index contributed by atoms with van der Waals surface area (Å²) in [7, 11) is 0. The molecule has 0 aliphatic heterocycles. The molecular weight excluding hydrogens is 286 g/mol. The molecule has 0 bridgehead atoms. The Morgan fingerprint density at radius 1 is 0.913 bits per heavy atom. The van der Waals surface area contributed by atoms with Crippen LogP contribution in [0.2, 0.25) is 0 Å². The fourth-order valence-electron chi connectivity index (χ4n) is 2.80. The number of hydrogen-bond acceptors (Lipinski definition) is 3. The van der Waals surface area contributed by atoms with Crippen molar-refractivity contribution >= 4 is 5.97 Å². The molecule has 0 aromatic carbocycles. The summed E-state index contributed by atoms with van der Waals surface area (Å²) in [5, 5.41) is 0. The van der Waals surface area contributed by atoms with Gasteiger partial charge in [0.25, 0.3) is 0 Å². The minimum Gasteiger partial charge on any atom is -0.459 e. The fraction of sp³-hybridized carbons (Fsp3) is 0.700. The van der Waals surface area contributed by atoms with Crippen LogP contribution >= 0.6 is 0 Å². The minimum atomic E-state index is -0.217. The lowest BCUT2D eigenvalue weighted by molar-refractivity contribution is 0.0253. The van der Waals surface area contributed by atoms with Crippen LogP contribution in [-0.4, -0.2) is 17.1 Å². The van der Waals surface area contributed by atoms with Crippen molar-refractivity contribution in [3.05, 3.63) is 30.1 Å². The molecule has 0 N–H and O–H groups in total. The van der Waals surface area contributed by atoms with Gasteiger partial charge < -0.3 is 4.74 Å². The topological polar surface area (TPSA) is 39.2 Å². The molecule has 0 saturated heterocycles. The molecule has 1 atom stereocenters. The summed E-state index contributed by atoms with van der Waals surface area (Å²) in [5.41, 5.74) is 0.594. The van der Waals surface area contributed by atoms with Crippen molar-refractivity contribution < 1.29 is 9.53 Å². The third kappa shape index (κ3) is 9.37. The molecule has 1 aromatic heterocycles. The number of ether oxygens (including phenoxy) is 1. The zero-order chi connectivity index (χ0) is 16.8. The Kier molecular flexibility index (Phi) is 11.2. The lowest BCUT2D eigenvalue weighted by Crippen LogP contribution is -2.18. The Hall–Kier alpha value is -1.38. The first kappa shape index (κ1) is 19.7. The van der Waals surface area contributed by atoms with E-state index in [1.165, 1.54) is 44.9 Å². The third-order valence-electron chi connectivity index (χ3n) is 4.18. The molecule has 1 aromatic rings. The van der Waals surface area contributed by atoms with E-state index in [1.54, 1.807) is 24.5 Å². The monoisotopic (exact) mass is 319 g/mol. The quantitative estimate of drug-likeness (QED) is 0.334. The van der Waals surface area contributed by atoms with Gasteiger partial charge in [0.1, 0.15) is 6.10 Å². The summed E-state index contributed by atoms with van der Waals surface area (Å²) >= 11 is 0. The van der Waals surface area contributed by atoms with Gasteiger partial charge in [-0.2, -0.15) is 0 Å². The van der Waals surface area contributed by atoms with E-state index in [2.05, 4.69) is 18.8 Å². The molecule has 0 aliphatic rings. The van der Waals surface area contributed by atoms with Crippen molar-refractivity contribution in [2.75, 3.05) is 0 Å². The summed E-state index contributed by atoms with van der Waals surface area (Å²) in [4.78, 5) is 16.0. The molecule has 0 fully saturated rings. The molecule has 130 valence electrons. The van der Waals surface area contributed by atoms with Crippen LogP contribution in [0.15, 0.2) is 24.5 Å². The van der Waals surface area contributed by atoms with E-state index in [4.69, 9.17) is 4.74 Å². The molecule has 1 unspecified atom stereocenters. The fourth-order valence-corrected chi connectivity index (χ4v) is 2.80. The van der Waals surface area contributed by atoms with E-state index in [-0.39, 0.29) is 12.1 Å². The summed E-state index contributed by atoms with van der Waals surface area (Å²) in [6.07, 6.45) is 16.8. The van der Waals surface area contributed by atoms with E-state index >= 15 is 0 Å². The van der Waals surface area contributed by atoms with E-state index in [9.17, 15) is 4.79 Å². The second-order valence-electron chi connectivity index (χ2n) is 6.32. The lowest BCUT2D eigenvalue weighted by Gasteiger charge is -2.17. The molecule has 1 heterocycles. The van der Waals surface area contributed by atoms with E-state index in [0.29, 0.717) is 5.56 Å². The molecular formula is C20H33NO2. The standard InChI is InChI=1S/C20H33NO2/c1-3-5-6-7-8-9-10-11-13-19(12-4-2)23-20(22)18-14-16-21-17-15-18/h14-17,19H,3-13H2,1-2H3. The normalized spacial score (nSPS) is 12.1. The predicted octanol–water partition coefficient (Wildman–Crippen LogP) is 5.94. The molecule has 0 saturated carbocycles. The number of carbonyl (C=O) groups is 1. The van der Waals surface area contributed by atoms with Crippen LogP contribution in [0.1, 0.15) is 94.8 Å². The highest BCUT2D eigenvalue weighted by atomic mass is 16.5. The smallest absolute Gasteiger partial charge is 0.338 e. The van der Waals surface area contributed by atoms with Crippen molar-refractivity contribution in [2.45, 2.75) is 90.6 Å². The number of nitrogens with zero attached hydrogens (tertiary/aromatic N) is 1. The maximum Gasteiger partial charge on any atom is 0.338 e. The molecule has 23 heavy (non-hydrogen) atoms. The first-order valence-corrected chi connectivity index (χ1v) is 9.39. The summed E-state index contributed by atoms with van der Waals surface area (Å²) < 4.78 is 5.67. The molecule has 1 rings (SSSR count). The number of carbonyl (C=O) groups excluding carboxylic acids is 1. The molecule has 0 amide bonds. The largest absolute Gasteiger partial charge is 0.459 e. The third-order valence-corrected chi connectivity index (χ3v) is 4.18. The van der Waals surface area contributed by atoms with Crippen LogP contribution in [0.3, 0.4) is 0 Å². The maximum atomic E-state index is 12.1. The Balaban J connectivity index is 2.20. The summed E-state index contributed by atoms with van der Waals surface area (Å²) in [5.74, 6) is -0.217. The predicted molar refractivity (Wildman–Crippen MR) is 95.6 cm³/mol. The number of pyridine rings is 1. The van der Waals surface area contributed by atoms with Crippen molar-refractivity contribution in [1.29, 1.82) is 0 Å². The van der Waals surface area contributed by atoms with Crippen molar-refractivity contribution in [3.8, 4) is 0 Å². The van der Waals surface area contributed by atoms with Gasteiger partial charge in [-0.05, 0) is 31.4 Å². The average molecular weight is 319 g/mol. The van der Waals surface area contributed by atoms with E-state index < -0.39 is 0 Å². The second kappa shape index (κ2) is 13.1. The first-order valence-electron chi connectivity index (χ1n) is 9.39. The van der Waals surface area contributed by atoms with Gasteiger partial charge in [-0.25, -0.2) is 4.79 Å². The maximum absolute atomic E-state index is 12.1. The van der Waals surface area contributed by atoms with Gasteiger partial charge in [-0.15, -0.1) is 0 Å². The molecule has 0 radical (unpaired) electrons. The van der Waals surface area contributed by atoms with E-state index in [1.807, 2.05) is 0 Å². The van der Waals surface area contributed by atoms with Crippen LogP contribution in [-0.2, 0) is 4.74 Å². The van der Waals surface area contributed by atoms with Gasteiger partial charge in [0.05, 0.1) is 5.56 Å². The van der Waals surface area contributed by atoms with E-state index in [0.717, 1.165) is 25.7 Å². The minimum absolute atomic E-state index is 0.0563. The molecule has 3 heteroatoms. The van der Waals surface area contributed by atoms with Crippen molar-refractivity contribution in [3.63, 3.8) is 0 Å². The van der Waals surface area contributed by atoms with Crippen molar-refractivity contribution in [2.24, 2.45) is 0 Å². The highest BCUT2D eigenvalue weighted by molar-refractivity contribution is 5.89. The van der Waals surface area contributed by atoms with Gasteiger partial charge in [0, 0.05) is 12.4 Å². The van der Waals surface area contributed by atoms with Gasteiger partial charge in [-0.1, -0.05) is 65.2 Å². The Morgan fingerprint density at radius 2 is 1.52 bits per heavy atom. The van der Waals surface area contributed by atoms with Crippen LogP contribution in [0.5, 0.6) is 0 Å². The van der Waals surface area contributed by atoms with Gasteiger partial charge in [0.2, 0.25) is 0 Å². The first-order chi connectivity index (χ1) is 11.3. The van der Waals surface area contributed by atoms with Crippen LogP contribution in [0.4, 0.5) is 0 Å². The Labute approximate surface area is 141 Å². The Morgan fingerprint density at radius 3 is 2.13 bits per heavy atom. The zero-order valence-corrected chi connectivity index (χ0v) is 14.9. The SMILES string of the molecule is CCCCCCCCCCC(CCC)OC(=O)c1ccncc1. The van der Waals surface area contributed by atoms with Crippen molar-refractivity contribution in [1.82, 2.24) is 4.98 Å². The second-order valence-corrected chi connectivity index (χ2v) is 6.32. The average Bonchev–Trinajstić information content (AvgIpc) is 2.58. The highest BCUT2D eigenvalue weighted by Crippen LogP contribution is 2.16. The summed E-state index contributed by atoms with van der Waals surface area (Å²) in [6, 6.07) is 3.42. The molecule has 3 nitrogen and oxygen atoms in total. The number of rotatable bonds is 13. The summed E-state index contributed by atoms with van der Waals surface area (Å²) in [6.45, 7) is 4.39. The highest BCUT2D eigenvalue weighted by Gasteiger charge is 2.14. The van der Waals surface area contributed by atoms with Crippen LogP contribution in [0, 0.1) is 0 Å². The van der Waals surface area contributed by atoms with Gasteiger partial charge in [-0.3, -0.25) is 4.98 Å². The number of aromatic nitrogens is 1. The Bertz CT molecular complexity index is 405. The zero-order valence-electron chi connectivity index (χ0n) is 14.9. The molecule has 0 aliphatic carbocycles.